The SMILES string of the molecule is CC[C@H](C(=O)NC1CCCC1)N(Cc1c(Cl)cccc1Cl)C(=O)CN(c1cccc(C(F)(F)F)c1)S(C)(=O)=O. The normalized spacial score (nSPS) is 15.2. The minimum absolute atomic E-state index is 0.0370. The summed E-state index contributed by atoms with van der Waals surface area (Å²) in [4.78, 5) is 28.3. The molecule has 1 aliphatic carbocycles. The third-order valence-corrected chi connectivity index (χ3v) is 8.47. The van der Waals surface area contributed by atoms with Gasteiger partial charge >= 0.3 is 6.18 Å². The second-order valence-electron chi connectivity index (χ2n) is 9.45. The highest BCUT2D eigenvalue weighted by molar-refractivity contribution is 7.92. The zero-order chi connectivity index (χ0) is 29.0. The van der Waals surface area contributed by atoms with Gasteiger partial charge in [0, 0.05) is 28.2 Å². The molecular formula is C26H30Cl2F3N3O4S. The molecule has 13 heteroatoms. The van der Waals surface area contributed by atoms with Crippen LogP contribution in [0, 0.1) is 0 Å². The Morgan fingerprint density at radius 1 is 1.08 bits per heavy atom. The van der Waals surface area contributed by atoms with Crippen LogP contribution >= 0.6 is 23.2 Å². The van der Waals surface area contributed by atoms with Gasteiger partial charge in [0.05, 0.1) is 17.5 Å². The molecule has 2 amide bonds. The fourth-order valence-corrected chi connectivity index (χ4v) is 5.95. The van der Waals surface area contributed by atoms with Crippen LogP contribution in [0.3, 0.4) is 0 Å². The predicted molar refractivity (Wildman–Crippen MR) is 145 cm³/mol. The number of carbonyl (C=O) groups excluding carboxylic acids is 2. The molecule has 1 N–H and O–H groups in total. The first kappa shape index (κ1) is 31.0. The van der Waals surface area contributed by atoms with Crippen LogP contribution in [0.1, 0.15) is 50.2 Å². The molecule has 2 aromatic carbocycles. The number of hydrogen-bond acceptors (Lipinski definition) is 4. The van der Waals surface area contributed by atoms with E-state index in [-0.39, 0.29) is 34.7 Å². The van der Waals surface area contributed by atoms with Gasteiger partial charge in [0.1, 0.15) is 12.6 Å². The number of benzene rings is 2. The van der Waals surface area contributed by atoms with Crippen molar-refractivity contribution in [2.75, 3.05) is 17.1 Å². The van der Waals surface area contributed by atoms with Crippen LogP contribution in [0.15, 0.2) is 42.5 Å². The number of hydrogen-bond donors (Lipinski definition) is 1. The van der Waals surface area contributed by atoms with Crippen molar-refractivity contribution in [1.82, 2.24) is 10.2 Å². The minimum atomic E-state index is -4.72. The van der Waals surface area contributed by atoms with Gasteiger partial charge in [-0.25, -0.2) is 8.42 Å². The number of alkyl halides is 3. The zero-order valence-corrected chi connectivity index (χ0v) is 23.8. The molecule has 0 heterocycles. The fraction of sp³-hybridized carbons (Fsp3) is 0.462. The Bertz CT molecular complexity index is 1280. The highest BCUT2D eigenvalue weighted by atomic mass is 35.5. The summed E-state index contributed by atoms with van der Waals surface area (Å²) >= 11 is 12.7. The van der Waals surface area contributed by atoms with Crippen LogP contribution in [0.5, 0.6) is 0 Å². The summed E-state index contributed by atoms with van der Waals surface area (Å²) < 4.78 is 65.9. The molecule has 0 spiro atoms. The fourth-order valence-electron chi connectivity index (χ4n) is 4.59. The molecule has 0 saturated heterocycles. The third kappa shape index (κ3) is 8.02. The maximum atomic E-state index is 13.8. The van der Waals surface area contributed by atoms with Crippen LogP contribution < -0.4 is 9.62 Å². The number of rotatable bonds is 10. The van der Waals surface area contributed by atoms with E-state index >= 15 is 0 Å². The summed E-state index contributed by atoms with van der Waals surface area (Å²) in [5.41, 5.74) is -1.05. The van der Waals surface area contributed by atoms with E-state index in [2.05, 4.69) is 5.32 Å². The lowest BCUT2D eigenvalue weighted by molar-refractivity contribution is -0.140. The molecule has 3 rings (SSSR count). The maximum Gasteiger partial charge on any atom is 0.416 e. The molecule has 214 valence electrons. The molecule has 1 aliphatic rings. The molecule has 7 nitrogen and oxygen atoms in total. The van der Waals surface area contributed by atoms with E-state index in [1.807, 2.05) is 0 Å². The molecule has 0 aromatic heterocycles. The van der Waals surface area contributed by atoms with Gasteiger partial charge in [-0.05, 0) is 49.6 Å². The van der Waals surface area contributed by atoms with Crippen molar-refractivity contribution in [3.05, 3.63) is 63.6 Å². The number of nitrogens with one attached hydrogen (secondary N) is 1. The minimum Gasteiger partial charge on any atom is -0.352 e. The smallest absolute Gasteiger partial charge is 0.352 e. The third-order valence-electron chi connectivity index (χ3n) is 6.62. The van der Waals surface area contributed by atoms with Crippen LogP contribution in [0.2, 0.25) is 10.0 Å². The summed E-state index contributed by atoms with van der Waals surface area (Å²) in [7, 11) is -4.20. The van der Waals surface area contributed by atoms with Gasteiger partial charge in [0.2, 0.25) is 21.8 Å². The number of anilines is 1. The van der Waals surface area contributed by atoms with Crippen molar-refractivity contribution in [3.63, 3.8) is 0 Å². The summed E-state index contributed by atoms with van der Waals surface area (Å²) in [6.07, 6.45) is -0.177. The molecular weight excluding hydrogens is 578 g/mol. The first-order valence-electron chi connectivity index (χ1n) is 12.4. The highest BCUT2D eigenvalue weighted by Gasteiger charge is 2.35. The number of carbonyl (C=O) groups is 2. The van der Waals surface area contributed by atoms with Crippen molar-refractivity contribution < 1.29 is 31.2 Å². The van der Waals surface area contributed by atoms with E-state index in [0.717, 1.165) is 44.1 Å². The number of halogens is 5. The Morgan fingerprint density at radius 2 is 1.67 bits per heavy atom. The van der Waals surface area contributed by atoms with Crippen molar-refractivity contribution in [2.24, 2.45) is 0 Å². The quantitative estimate of drug-likeness (QED) is 0.378. The van der Waals surface area contributed by atoms with Gasteiger partial charge in [-0.1, -0.05) is 55.1 Å². The van der Waals surface area contributed by atoms with E-state index in [1.54, 1.807) is 25.1 Å². The van der Waals surface area contributed by atoms with Crippen LogP contribution in [0.4, 0.5) is 18.9 Å². The zero-order valence-electron chi connectivity index (χ0n) is 21.5. The van der Waals surface area contributed by atoms with E-state index < -0.39 is 46.2 Å². The Morgan fingerprint density at radius 3 is 2.21 bits per heavy atom. The van der Waals surface area contributed by atoms with Crippen molar-refractivity contribution >= 4 is 50.7 Å². The highest BCUT2D eigenvalue weighted by Crippen LogP contribution is 2.33. The molecule has 1 fully saturated rings. The van der Waals surface area contributed by atoms with Crippen LogP contribution in [-0.2, 0) is 32.3 Å². The number of sulfonamides is 1. The maximum absolute atomic E-state index is 13.8. The van der Waals surface area contributed by atoms with E-state index in [1.165, 1.54) is 11.0 Å². The average Bonchev–Trinajstić information content (AvgIpc) is 3.36. The van der Waals surface area contributed by atoms with Gasteiger partial charge in [-0.3, -0.25) is 13.9 Å². The topological polar surface area (TPSA) is 86.8 Å². The molecule has 2 aromatic rings. The van der Waals surface area contributed by atoms with Gasteiger partial charge in [0.15, 0.2) is 0 Å². The standard InChI is InChI=1S/C26H30Cl2F3N3O4S/c1-3-23(25(36)32-18-9-4-5-10-18)33(15-20-21(27)12-7-13-22(20)28)24(35)16-34(39(2,37)38)19-11-6-8-17(14-19)26(29,30)31/h6-8,11-14,18,23H,3-5,9-10,15-16H2,1-2H3,(H,32,36)/t23-/m1/s1. The molecule has 1 atom stereocenters. The lowest BCUT2D eigenvalue weighted by atomic mass is 10.1. The first-order chi connectivity index (χ1) is 18.2. The summed E-state index contributed by atoms with van der Waals surface area (Å²) in [6.45, 7) is 0.651. The molecule has 0 aliphatic heterocycles. The molecule has 1 saturated carbocycles. The van der Waals surface area contributed by atoms with Gasteiger partial charge in [0.25, 0.3) is 0 Å². The van der Waals surface area contributed by atoms with E-state index in [4.69, 9.17) is 23.2 Å². The molecule has 0 unspecified atom stereocenters. The average molecular weight is 609 g/mol. The molecule has 39 heavy (non-hydrogen) atoms. The Balaban J connectivity index is 2.00. The van der Waals surface area contributed by atoms with Crippen molar-refractivity contribution in [1.29, 1.82) is 0 Å². The van der Waals surface area contributed by atoms with Gasteiger partial charge in [-0.15, -0.1) is 0 Å². The first-order valence-corrected chi connectivity index (χ1v) is 15.0. The Kier molecular flexibility index (Phi) is 10.2. The lowest BCUT2D eigenvalue weighted by Gasteiger charge is -2.34. The van der Waals surface area contributed by atoms with Crippen LogP contribution in [-0.4, -0.2) is 50.0 Å². The van der Waals surface area contributed by atoms with Gasteiger partial charge < -0.3 is 10.2 Å². The monoisotopic (exact) mass is 607 g/mol. The van der Waals surface area contributed by atoms with E-state index in [0.29, 0.717) is 15.9 Å². The summed E-state index contributed by atoms with van der Waals surface area (Å²) in [5, 5.41) is 3.44. The Hall–Kier alpha value is -2.50. The van der Waals surface area contributed by atoms with Gasteiger partial charge in [-0.2, -0.15) is 13.2 Å². The van der Waals surface area contributed by atoms with E-state index in [9.17, 15) is 31.2 Å². The Labute approximate surface area is 236 Å². The summed E-state index contributed by atoms with van der Waals surface area (Å²) in [6, 6.07) is 7.40. The number of amides is 2. The largest absolute Gasteiger partial charge is 0.416 e. The second kappa shape index (κ2) is 12.8. The van der Waals surface area contributed by atoms with Crippen molar-refractivity contribution in [2.45, 2.75) is 63.8 Å². The lowest BCUT2D eigenvalue weighted by Crippen LogP contribution is -2.53. The summed E-state index contributed by atoms with van der Waals surface area (Å²) in [5.74, 6) is -1.21. The molecule has 0 radical (unpaired) electrons. The van der Waals surface area contributed by atoms with Crippen LogP contribution in [0.25, 0.3) is 0 Å². The van der Waals surface area contributed by atoms with Crippen molar-refractivity contribution in [3.8, 4) is 0 Å². The second-order valence-corrected chi connectivity index (χ2v) is 12.2. The number of nitrogens with zero attached hydrogens (tertiary/aromatic N) is 2. The molecule has 0 bridgehead atoms. The predicted octanol–water partition coefficient (Wildman–Crippen LogP) is 5.64.